The van der Waals surface area contributed by atoms with Gasteiger partial charge in [-0.15, -0.1) is 13.2 Å². The van der Waals surface area contributed by atoms with Crippen LogP contribution in [0.4, 0.5) is 13.2 Å². The molecular formula is C12H8F3N3O2. The van der Waals surface area contributed by atoms with Crippen molar-refractivity contribution in [3.8, 4) is 17.0 Å². The Bertz CT molecular complexity index is 609. The number of nitrogens with zero attached hydrogens (tertiary/aromatic N) is 2. The molecule has 0 aliphatic heterocycles. The summed E-state index contributed by atoms with van der Waals surface area (Å²) in [5.41, 5.74) is 5.95. The maximum atomic E-state index is 12.0. The first-order chi connectivity index (χ1) is 9.35. The van der Waals surface area contributed by atoms with E-state index in [2.05, 4.69) is 14.7 Å². The van der Waals surface area contributed by atoms with E-state index >= 15 is 0 Å². The van der Waals surface area contributed by atoms with Crippen LogP contribution < -0.4 is 10.5 Å². The summed E-state index contributed by atoms with van der Waals surface area (Å²) < 4.78 is 39.7. The van der Waals surface area contributed by atoms with Crippen molar-refractivity contribution in [3.05, 3.63) is 42.4 Å². The summed E-state index contributed by atoms with van der Waals surface area (Å²) in [5, 5.41) is 0. The van der Waals surface area contributed by atoms with Gasteiger partial charge in [0, 0.05) is 5.56 Å². The van der Waals surface area contributed by atoms with Gasteiger partial charge in [0.05, 0.1) is 18.1 Å². The van der Waals surface area contributed by atoms with Crippen LogP contribution in [0, 0.1) is 0 Å². The summed E-state index contributed by atoms with van der Waals surface area (Å²) in [6.45, 7) is 0. The normalized spacial score (nSPS) is 11.2. The topological polar surface area (TPSA) is 78.1 Å². The minimum absolute atomic E-state index is 0.00535. The lowest BCUT2D eigenvalue weighted by Gasteiger charge is -2.09. The minimum atomic E-state index is -4.73. The predicted octanol–water partition coefficient (Wildman–Crippen LogP) is 2.14. The van der Waals surface area contributed by atoms with Crippen LogP contribution in [-0.4, -0.2) is 22.2 Å². The number of rotatable bonds is 3. The summed E-state index contributed by atoms with van der Waals surface area (Å²) in [5.74, 6) is -1.04. The van der Waals surface area contributed by atoms with Crippen molar-refractivity contribution in [2.24, 2.45) is 5.73 Å². The molecule has 1 aromatic carbocycles. The Labute approximate surface area is 111 Å². The molecule has 0 radical (unpaired) electrons. The summed E-state index contributed by atoms with van der Waals surface area (Å²) in [7, 11) is 0. The number of hydrogen-bond donors (Lipinski definition) is 1. The van der Waals surface area contributed by atoms with Crippen LogP contribution in [0.3, 0.4) is 0 Å². The zero-order chi connectivity index (χ0) is 14.8. The Hall–Kier alpha value is -2.64. The fourth-order valence-corrected chi connectivity index (χ4v) is 1.43. The number of nitrogens with two attached hydrogens (primary N) is 1. The molecule has 8 heteroatoms. The third-order valence-corrected chi connectivity index (χ3v) is 2.29. The van der Waals surface area contributed by atoms with Gasteiger partial charge in [0.1, 0.15) is 11.4 Å². The van der Waals surface area contributed by atoms with E-state index in [-0.39, 0.29) is 11.4 Å². The Morgan fingerprint density at radius 1 is 1.10 bits per heavy atom. The van der Waals surface area contributed by atoms with Crippen LogP contribution in [0.5, 0.6) is 5.75 Å². The molecule has 2 N–H and O–H groups in total. The van der Waals surface area contributed by atoms with Gasteiger partial charge in [-0.1, -0.05) is 0 Å². The summed E-state index contributed by atoms with van der Waals surface area (Å²) in [6, 6.07) is 5.11. The van der Waals surface area contributed by atoms with Crippen molar-refractivity contribution in [3.63, 3.8) is 0 Å². The standard InChI is InChI=1S/C12H8F3N3O2/c13-12(14,15)20-8-3-1-7(2-4-8)9-5-18-10(6-17-9)11(16)19/h1-6H,(H2,16,19). The highest BCUT2D eigenvalue weighted by Crippen LogP contribution is 2.25. The molecule has 0 spiro atoms. The van der Waals surface area contributed by atoms with Gasteiger partial charge >= 0.3 is 6.36 Å². The monoisotopic (exact) mass is 283 g/mol. The molecule has 1 heterocycles. The van der Waals surface area contributed by atoms with E-state index in [0.29, 0.717) is 11.3 Å². The Kier molecular flexibility index (Phi) is 3.55. The number of amides is 1. The van der Waals surface area contributed by atoms with Gasteiger partial charge in [-0.25, -0.2) is 4.98 Å². The highest BCUT2D eigenvalue weighted by atomic mass is 19.4. The molecule has 2 rings (SSSR count). The molecule has 2 aromatic rings. The van der Waals surface area contributed by atoms with Crippen LogP contribution in [-0.2, 0) is 0 Å². The van der Waals surface area contributed by atoms with Crippen LogP contribution in [0.25, 0.3) is 11.3 Å². The molecule has 0 saturated heterocycles. The number of ether oxygens (including phenoxy) is 1. The SMILES string of the molecule is NC(=O)c1cnc(-c2ccc(OC(F)(F)F)cc2)cn1. The second kappa shape index (κ2) is 5.16. The second-order valence-electron chi connectivity index (χ2n) is 3.72. The maximum Gasteiger partial charge on any atom is 0.573 e. The fourth-order valence-electron chi connectivity index (χ4n) is 1.43. The van der Waals surface area contributed by atoms with Gasteiger partial charge in [-0.3, -0.25) is 9.78 Å². The molecule has 0 aliphatic carbocycles. The lowest BCUT2D eigenvalue weighted by atomic mass is 10.1. The Morgan fingerprint density at radius 3 is 2.20 bits per heavy atom. The number of carbonyl (C=O) groups is 1. The number of benzene rings is 1. The first kappa shape index (κ1) is 13.8. The molecular weight excluding hydrogens is 275 g/mol. The molecule has 104 valence electrons. The molecule has 0 bridgehead atoms. The third kappa shape index (κ3) is 3.44. The van der Waals surface area contributed by atoms with Gasteiger partial charge in [-0.05, 0) is 24.3 Å². The third-order valence-electron chi connectivity index (χ3n) is 2.29. The number of primary amides is 1. The summed E-state index contributed by atoms with van der Waals surface area (Å²) >= 11 is 0. The zero-order valence-corrected chi connectivity index (χ0v) is 9.89. The number of carbonyl (C=O) groups excluding carboxylic acids is 1. The van der Waals surface area contributed by atoms with Crippen LogP contribution in [0.1, 0.15) is 10.5 Å². The molecule has 0 saturated carbocycles. The molecule has 20 heavy (non-hydrogen) atoms. The molecule has 5 nitrogen and oxygen atoms in total. The van der Waals surface area contributed by atoms with Crippen LogP contribution >= 0.6 is 0 Å². The van der Waals surface area contributed by atoms with E-state index < -0.39 is 12.3 Å². The molecule has 0 atom stereocenters. The highest BCUT2D eigenvalue weighted by Gasteiger charge is 2.30. The van der Waals surface area contributed by atoms with E-state index in [1.807, 2.05) is 0 Å². The van der Waals surface area contributed by atoms with Gasteiger partial charge in [0.25, 0.3) is 5.91 Å². The quantitative estimate of drug-likeness (QED) is 0.936. The lowest BCUT2D eigenvalue weighted by Crippen LogP contribution is -2.16. The first-order valence-corrected chi connectivity index (χ1v) is 5.33. The van der Waals surface area contributed by atoms with E-state index in [1.165, 1.54) is 24.5 Å². The van der Waals surface area contributed by atoms with E-state index in [9.17, 15) is 18.0 Å². The van der Waals surface area contributed by atoms with Gasteiger partial charge in [0.15, 0.2) is 0 Å². The smallest absolute Gasteiger partial charge is 0.406 e. The van der Waals surface area contributed by atoms with Crippen molar-refractivity contribution in [2.45, 2.75) is 6.36 Å². The van der Waals surface area contributed by atoms with Gasteiger partial charge < -0.3 is 10.5 Å². The van der Waals surface area contributed by atoms with Crippen molar-refractivity contribution in [1.29, 1.82) is 0 Å². The average Bonchev–Trinajstić information content (AvgIpc) is 2.38. The number of halogens is 3. The van der Waals surface area contributed by atoms with Gasteiger partial charge in [0.2, 0.25) is 0 Å². The summed E-state index contributed by atoms with van der Waals surface area (Å²) in [4.78, 5) is 18.6. The number of hydrogen-bond acceptors (Lipinski definition) is 4. The molecule has 0 fully saturated rings. The van der Waals surface area contributed by atoms with Crippen molar-refractivity contribution < 1.29 is 22.7 Å². The minimum Gasteiger partial charge on any atom is -0.406 e. The van der Waals surface area contributed by atoms with E-state index in [0.717, 1.165) is 12.1 Å². The van der Waals surface area contributed by atoms with Gasteiger partial charge in [-0.2, -0.15) is 0 Å². The molecule has 1 amide bonds. The Balaban J connectivity index is 2.19. The van der Waals surface area contributed by atoms with Crippen LogP contribution in [0.2, 0.25) is 0 Å². The number of aromatic nitrogens is 2. The average molecular weight is 283 g/mol. The highest BCUT2D eigenvalue weighted by molar-refractivity contribution is 5.90. The van der Waals surface area contributed by atoms with Crippen molar-refractivity contribution >= 4 is 5.91 Å². The Morgan fingerprint density at radius 2 is 1.75 bits per heavy atom. The van der Waals surface area contributed by atoms with Crippen molar-refractivity contribution in [1.82, 2.24) is 9.97 Å². The lowest BCUT2D eigenvalue weighted by molar-refractivity contribution is -0.274. The van der Waals surface area contributed by atoms with E-state index in [1.54, 1.807) is 0 Å². The fraction of sp³-hybridized carbons (Fsp3) is 0.0833. The van der Waals surface area contributed by atoms with Crippen molar-refractivity contribution in [2.75, 3.05) is 0 Å². The maximum absolute atomic E-state index is 12.0. The second-order valence-corrected chi connectivity index (χ2v) is 3.72. The molecule has 1 aromatic heterocycles. The molecule has 0 aliphatic rings. The van der Waals surface area contributed by atoms with Crippen LogP contribution in [0.15, 0.2) is 36.7 Å². The van der Waals surface area contributed by atoms with E-state index in [4.69, 9.17) is 5.73 Å². The summed E-state index contributed by atoms with van der Waals surface area (Å²) in [6.07, 6.45) is -2.23. The number of alkyl halides is 3. The first-order valence-electron chi connectivity index (χ1n) is 5.33. The zero-order valence-electron chi connectivity index (χ0n) is 9.89. The largest absolute Gasteiger partial charge is 0.573 e. The predicted molar refractivity (Wildman–Crippen MR) is 62.7 cm³/mol. The molecule has 0 unspecified atom stereocenters.